The predicted octanol–water partition coefficient (Wildman–Crippen LogP) is 1.62. The van der Waals surface area contributed by atoms with Crippen LogP contribution in [0, 0.1) is 0 Å². The summed E-state index contributed by atoms with van der Waals surface area (Å²) in [6, 6.07) is 0. The monoisotopic (exact) mass is 226 g/mol. The zero-order chi connectivity index (χ0) is 12.0. The molecular weight excluding hydrogens is 204 g/mol. The van der Waals surface area contributed by atoms with Crippen molar-refractivity contribution in [1.29, 1.82) is 0 Å². The van der Waals surface area contributed by atoms with Gasteiger partial charge in [-0.3, -0.25) is 4.68 Å². The molecule has 1 aromatic rings. The summed E-state index contributed by atoms with van der Waals surface area (Å²) in [7, 11) is 1.86. The molecule has 92 valence electrons. The zero-order valence-corrected chi connectivity index (χ0v) is 10.4. The molecule has 0 aliphatic heterocycles. The fraction of sp³-hybridized carbons (Fsp3) is 0.727. The Hall–Kier alpha value is -1.23. The van der Waals surface area contributed by atoms with Crippen molar-refractivity contribution in [3.8, 4) is 0 Å². The topological polar surface area (TPSA) is 65.1 Å². The molecule has 0 aromatic carbocycles. The Morgan fingerprint density at radius 2 is 2.25 bits per heavy atom. The molecule has 16 heavy (non-hydrogen) atoms. The molecule has 0 atom stereocenters. The molecule has 0 amide bonds. The van der Waals surface area contributed by atoms with E-state index in [0.29, 0.717) is 11.8 Å². The second-order valence-corrected chi connectivity index (χ2v) is 4.16. The molecule has 0 saturated carbocycles. The standard InChI is InChI=1S/C11H22N4O/c1-9(2)16-7-5-4-6-13-11-10(12)8-15(3)14-11/h8-9H,4-7,12H2,1-3H3,(H,13,14). The molecule has 0 radical (unpaired) electrons. The van der Waals surface area contributed by atoms with Gasteiger partial charge in [0.1, 0.15) is 0 Å². The van der Waals surface area contributed by atoms with Gasteiger partial charge in [-0.25, -0.2) is 0 Å². The van der Waals surface area contributed by atoms with Crippen molar-refractivity contribution in [3.63, 3.8) is 0 Å². The Kier molecular flexibility index (Phi) is 5.11. The second-order valence-electron chi connectivity index (χ2n) is 4.16. The lowest BCUT2D eigenvalue weighted by atomic mass is 10.3. The van der Waals surface area contributed by atoms with E-state index < -0.39 is 0 Å². The molecule has 0 spiro atoms. The average molecular weight is 226 g/mol. The predicted molar refractivity (Wildman–Crippen MR) is 66.4 cm³/mol. The molecule has 0 aliphatic rings. The van der Waals surface area contributed by atoms with Crippen molar-refractivity contribution in [1.82, 2.24) is 9.78 Å². The third-order valence-electron chi connectivity index (χ3n) is 2.17. The van der Waals surface area contributed by atoms with Gasteiger partial charge in [-0.2, -0.15) is 5.10 Å². The van der Waals surface area contributed by atoms with Gasteiger partial charge < -0.3 is 15.8 Å². The second kappa shape index (κ2) is 6.37. The lowest BCUT2D eigenvalue weighted by molar-refractivity contribution is 0.0765. The normalized spacial score (nSPS) is 11.0. The molecule has 0 fully saturated rings. The summed E-state index contributed by atoms with van der Waals surface area (Å²) in [5.74, 6) is 0.771. The van der Waals surface area contributed by atoms with Crippen LogP contribution in [-0.2, 0) is 11.8 Å². The first kappa shape index (κ1) is 12.8. The largest absolute Gasteiger partial charge is 0.394 e. The zero-order valence-electron chi connectivity index (χ0n) is 10.4. The minimum Gasteiger partial charge on any atom is -0.394 e. The quantitative estimate of drug-likeness (QED) is 0.693. The van der Waals surface area contributed by atoms with Crippen LogP contribution < -0.4 is 11.1 Å². The minimum atomic E-state index is 0.319. The molecule has 1 aromatic heterocycles. The van der Waals surface area contributed by atoms with Crippen LogP contribution in [0.5, 0.6) is 0 Å². The number of nitrogens with one attached hydrogen (secondary N) is 1. The first-order valence-electron chi connectivity index (χ1n) is 5.74. The highest BCUT2D eigenvalue weighted by Crippen LogP contribution is 2.13. The van der Waals surface area contributed by atoms with Gasteiger partial charge in [-0.15, -0.1) is 0 Å². The van der Waals surface area contributed by atoms with Crippen molar-refractivity contribution in [2.45, 2.75) is 32.8 Å². The van der Waals surface area contributed by atoms with Crippen LogP contribution in [0.2, 0.25) is 0 Å². The lowest BCUT2D eigenvalue weighted by Gasteiger charge is -2.07. The van der Waals surface area contributed by atoms with Crippen molar-refractivity contribution in [2.75, 3.05) is 24.2 Å². The Labute approximate surface area is 97.0 Å². The molecule has 1 rings (SSSR count). The molecule has 0 bridgehead atoms. The SMILES string of the molecule is CC(C)OCCCCNc1nn(C)cc1N. The number of aryl methyl sites for hydroxylation is 1. The van der Waals surface area contributed by atoms with E-state index in [1.807, 2.05) is 20.9 Å². The molecule has 3 N–H and O–H groups in total. The molecule has 1 heterocycles. The van der Waals surface area contributed by atoms with Crippen LogP contribution >= 0.6 is 0 Å². The van der Waals surface area contributed by atoms with Crippen LogP contribution in [-0.4, -0.2) is 29.0 Å². The van der Waals surface area contributed by atoms with Gasteiger partial charge in [0.2, 0.25) is 0 Å². The number of aromatic nitrogens is 2. The Balaban J connectivity index is 2.09. The third kappa shape index (κ3) is 4.53. The van der Waals surface area contributed by atoms with Crippen LogP contribution in [0.15, 0.2) is 6.20 Å². The third-order valence-corrected chi connectivity index (χ3v) is 2.17. The van der Waals surface area contributed by atoms with Crippen molar-refractivity contribution < 1.29 is 4.74 Å². The van der Waals surface area contributed by atoms with E-state index in [4.69, 9.17) is 10.5 Å². The molecule has 0 unspecified atom stereocenters. The fourth-order valence-electron chi connectivity index (χ4n) is 1.40. The number of hydrogen-bond donors (Lipinski definition) is 2. The number of anilines is 2. The summed E-state index contributed by atoms with van der Waals surface area (Å²) in [5, 5.41) is 7.41. The smallest absolute Gasteiger partial charge is 0.171 e. The van der Waals surface area contributed by atoms with Gasteiger partial charge in [0, 0.05) is 26.4 Å². The summed E-state index contributed by atoms with van der Waals surface area (Å²) in [4.78, 5) is 0. The van der Waals surface area contributed by atoms with E-state index in [-0.39, 0.29) is 0 Å². The van der Waals surface area contributed by atoms with Gasteiger partial charge in [-0.1, -0.05) is 0 Å². The van der Waals surface area contributed by atoms with E-state index in [0.717, 1.165) is 31.8 Å². The summed E-state index contributed by atoms with van der Waals surface area (Å²) >= 11 is 0. The number of rotatable bonds is 7. The molecule has 0 aliphatic carbocycles. The van der Waals surface area contributed by atoms with Crippen molar-refractivity contribution in [3.05, 3.63) is 6.20 Å². The highest BCUT2D eigenvalue weighted by atomic mass is 16.5. The Morgan fingerprint density at radius 3 is 2.81 bits per heavy atom. The van der Waals surface area contributed by atoms with Crippen LogP contribution in [0.4, 0.5) is 11.5 Å². The minimum absolute atomic E-state index is 0.319. The molecular formula is C11H22N4O. The van der Waals surface area contributed by atoms with E-state index in [1.165, 1.54) is 0 Å². The fourth-order valence-corrected chi connectivity index (χ4v) is 1.40. The van der Waals surface area contributed by atoms with Crippen LogP contribution in [0.3, 0.4) is 0 Å². The number of nitrogen functional groups attached to an aromatic ring is 1. The Bertz CT molecular complexity index is 309. The van der Waals surface area contributed by atoms with Crippen LogP contribution in [0.25, 0.3) is 0 Å². The number of hydrogen-bond acceptors (Lipinski definition) is 4. The van der Waals surface area contributed by atoms with E-state index in [2.05, 4.69) is 10.4 Å². The summed E-state index contributed by atoms with van der Waals surface area (Å²) < 4.78 is 7.16. The van der Waals surface area contributed by atoms with Gasteiger partial charge in [0.15, 0.2) is 5.82 Å². The number of nitrogens with zero attached hydrogens (tertiary/aromatic N) is 2. The van der Waals surface area contributed by atoms with Crippen molar-refractivity contribution >= 4 is 11.5 Å². The maximum absolute atomic E-state index is 5.75. The molecule has 5 heteroatoms. The number of unbranched alkanes of at least 4 members (excludes halogenated alkanes) is 1. The summed E-state index contributed by atoms with van der Waals surface area (Å²) in [6.45, 7) is 5.79. The van der Waals surface area contributed by atoms with Gasteiger partial charge in [-0.05, 0) is 26.7 Å². The van der Waals surface area contributed by atoms with Gasteiger partial charge >= 0.3 is 0 Å². The maximum Gasteiger partial charge on any atom is 0.171 e. The van der Waals surface area contributed by atoms with E-state index in [1.54, 1.807) is 10.9 Å². The van der Waals surface area contributed by atoms with Gasteiger partial charge in [0.05, 0.1) is 11.8 Å². The summed E-state index contributed by atoms with van der Waals surface area (Å²) in [6.07, 6.45) is 4.23. The van der Waals surface area contributed by atoms with Crippen molar-refractivity contribution in [2.24, 2.45) is 7.05 Å². The first-order chi connectivity index (χ1) is 7.59. The highest BCUT2D eigenvalue weighted by Gasteiger charge is 2.02. The van der Waals surface area contributed by atoms with Gasteiger partial charge in [0.25, 0.3) is 0 Å². The van der Waals surface area contributed by atoms with Crippen LogP contribution in [0.1, 0.15) is 26.7 Å². The molecule has 0 saturated heterocycles. The first-order valence-corrected chi connectivity index (χ1v) is 5.74. The molecule has 5 nitrogen and oxygen atoms in total. The average Bonchev–Trinajstić information content (AvgIpc) is 2.50. The number of nitrogens with two attached hydrogens (primary N) is 1. The van der Waals surface area contributed by atoms with E-state index in [9.17, 15) is 0 Å². The van der Waals surface area contributed by atoms with E-state index >= 15 is 0 Å². The summed E-state index contributed by atoms with van der Waals surface area (Å²) in [5.41, 5.74) is 6.45. The highest BCUT2D eigenvalue weighted by molar-refractivity contribution is 5.59. The number of ether oxygens (including phenoxy) is 1. The Morgan fingerprint density at radius 1 is 1.50 bits per heavy atom. The lowest BCUT2D eigenvalue weighted by Crippen LogP contribution is -2.08. The maximum atomic E-state index is 5.75.